The Hall–Kier alpha value is -3.99. The van der Waals surface area contributed by atoms with Gasteiger partial charge in [0.2, 0.25) is 29.5 Å². The number of carboxylic acids is 1. The molecule has 0 saturated heterocycles. The molecule has 5 amide bonds. The largest absolute Gasteiger partial charge is 0.480 e. The fraction of sp³-hybridized carbons (Fsp3) is 0.708. The van der Waals surface area contributed by atoms with Gasteiger partial charge in [-0.3, -0.25) is 33.8 Å². The lowest BCUT2D eigenvalue weighted by Gasteiger charge is -2.25. The first-order valence-electron chi connectivity index (χ1n) is 13.4. The van der Waals surface area contributed by atoms with E-state index in [2.05, 4.69) is 31.6 Å². The highest BCUT2D eigenvalue weighted by Crippen LogP contribution is 2.06. The Morgan fingerprint density at radius 1 is 0.659 bits per heavy atom. The van der Waals surface area contributed by atoms with E-state index >= 15 is 0 Å². The number of hydrogen-bond donors (Lipinski definition) is 10. The van der Waals surface area contributed by atoms with Gasteiger partial charge < -0.3 is 54.6 Å². The summed E-state index contributed by atoms with van der Waals surface area (Å²) in [4.78, 5) is 78.1. The molecule has 17 nitrogen and oxygen atoms in total. The van der Waals surface area contributed by atoms with Crippen LogP contribution in [0.1, 0.15) is 59.8 Å². The predicted molar refractivity (Wildman–Crippen MR) is 151 cm³/mol. The third-order valence-electron chi connectivity index (χ3n) is 5.81. The van der Waals surface area contributed by atoms with Gasteiger partial charge in [-0.05, 0) is 66.3 Å². The molecule has 0 bridgehead atoms. The summed E-state index contributed by atoms with van der Waals surface area (Å²) in [6.45, 7) is 6.03. The van der Waals surface area contributed by atoms with E-state index in [-0.39, 0.29) is 31.8 Å². The van der Waals surface area contributed by atoms with Crippen molar-refractivity contribution in [2.75, 3.05) is 13.1 Å². The van der Waals surface area contributed by atoms with Crippen molar-refractivity contribution in [3.05, 3.63) is 0 Å². The number of unbranched alkanes of at least 4 members (excludes halogenated alkanes) is 1. The molecule has 41 heavy (non-hydrogen) atoms. The van der Waals surface area contributed by atoms with E-state index in [4.69, 9.17) is 28.0 Å². The Morgan fingerprint density at radius 2 is 1.10 bits per heavy atom. The second-order valence-electron chi connectivity index (χ2n) is 9.67. The molecule has 0 aliphatic rings. The molecule has 6 atom stereocenters. The summed E-state index contributed by atoms with van der Waals surface area (Å²) in [5.41, 5.74) is 21.8. The minimum atomic E-state index is -1.25. The quantitative estimate of drug-likeness (QED) is 0.0396. The van der Waals surface area contributed by atoms with Gasteiger partial charge >= 0.3 is 5.97 Å². The Kier molecular flexibility index (Phi) is 17.3. The molecule has 0 fully saturated rings. The van der Waals surface area contributed by atoms with Gasteiger partial charge in [0.1, 0.15) is 30.2 Å². The zero-order chi connectivity index (χ0) is 31.7. The molecule has 0 aliphatic heterocycles. The van der Waals surface area contributed by atoms with Crippen LogP contribution in [0.2, 0.25) is 0 Å². The molecule has 0 radical (unpaired) electrons. The van der Waals surface area contributed by atoms with Crippen LogP contribution in [0.25, 0.3) is 0 Å². The van der Waals surface area contributed by atoms with Crippen LogP contribution < -0.4 is 49.5 Å². The van der Waals surface area contributed by atoms with Crippen LogP contribution in [0.4, 0.5) is 0 Å². The molecular formula is C24H46N10O7. The number of hydrogen-bond acceptors (Lipinski definition) is 9. The highest BCUT2D eigenvalue weighted by atomic mass is 16.4. The summed E-state index contributed by atoms with van der Waals surface area (Å²) < 4.78 is 0. The molecular weight excluding hydrogens is 540 g/mol. The summed E-state index contributed by atoms with van der Waals surface area (Å²) in [6, 6.07) is -6.39. The van der Waals surface area contributed by atoms with Gasteiger partial charge in [0, 0.05) is 6.54 Å². The first kappa shape index (κ1) is 37.0. The highest BCUT2D eigenvalue weighted by molar-refractivity contribution is 5.96. The van der Waals surface area contributed by atoms with E-state index in [0.29, 0.717) is 19.4 Å². The smallest absolute Gasteiger partial charge is 0.325 e. The number of carboxylic acid groups (broad SMARTS) is 1. The predicted octanol–water partition coefficient (Wildman–Crippen LogP) is -3.92. The SMILES string of the molecule is C[C@H](N)C(=O)N[C@@H](C)C(=O)N[C@@H](CCCCN)C(=O)N[C@@H](CCCN=C(N)N)C(=O)N[C@@H](C)C(=O)N[C@@H](C)C(=O)O. The number of nitrogens with one attached hydrogen (secondary N) is 5. The van der Waals surface area contributed by atoms with E-state index in [1.54, 1.807) is 0 Å². The van der Waals surface area contributed by atoms with Crippen molar-refractivity contribution in [1.82, 2.24) is 26.6 Å². The fourth-order valence-corrected chi connectivity index (χ4v) is 3.29. The Labute approximate surface area is 239 Å². The zero-order valence-electron chi connectivity index (χ0n) is 24.1. The summed E-state index contributed by atoms with van der Waals surface area (Å²) in [6.07, 6.45) is 1.59. The molecule has 0 aromatic carbocycles. The molecule has 17 heteroatoms. The van der Waals surface area contributed by atoms with Crippen molar-refractivity contribution < 1.29 is 33.9 Å². The lowest BCUT2D eigenvalue weighted by molar-refractivity contribution is -0.141. The minimum absolute atomic E-state index is 0.0680. The molecule has 0 saturated carbocycles. The minimum Gasteiger partial charge on any atom is -0.480 e. The number of nitrogens with two attached hydrogens (primary N) is 4. The van der Waals surface area contributed by atoms with Gasteiger partial charge in [-0.2, -0.15) is 0 Å². The lowest BCUT2D eigenvalue weighted by atomic mass is 10.1. The van der Waals surface area contributed by atoms with Crippen molar-refractivity contribution in [3.8, 4) is 0 Å². The maximum Gasteiger partial charge on any atom is 0.325 e. The lowest BCUT2D eigenvalue weighted by Crippen LogP contribution is -2.58. The summed E-state index contributed by atoms with van der Waals surface area (Å²) in [5.74, 6) is -4.74. The van der Waals surface area contributed by atoms with E-state index < -0.39 is 71.8 Å². The number of amides is 5. The van der Waals surface area contributed by atoms with Crippen molar-refractivity contribution in [2.45, 2.75) is 96.1 Å². The number of aliphatic imine (C=N–C) groups is 1. The highest BCUT2D eigenvalue weighted by Gasteiger charge is 2.30. The van der Waals surface area contributed by atoms with E-state index in [9.17, 15) is 28.8 Å². The second-order valence-corrected chi connectivity index (χ2v) is 9.67. The zero-order valence-corrected chi connectivity index (χ0v) is 24.1. The fourth-order valence-electron chi connectivity index (χ4n) is 3.29. The summed E-state index contributed by atoms with van der Waals surface area (Å²) in [5, 5.41) is 21.3. The van der Waals surface area contributed by atoms with Crippen molar-refractivity contribution in [1.29, 1.82) is 0 Å². The number of rotatable bonds is 19. The van der Waals surface area contributed by atoms with Gasteiger partial charge in [-0.15, -0.1) is 0 Å². The topological polar surface area (TPSA) is 299 Å². The molecule has 0 spiro atoms. The van der Waals surface area contributed by atoms with Crippen LogP contribution in [0, 0.1) is 0 Å². The Balaban J connectivity index is 5.68. The third kappa shape index (κ3) is 15.4. The summed E-state index contributed by atoms with van der Waals surface area (Å²) >= 11 is 0. The Bertz CT molecular complexity index is 940. The molecule has 0 heterocycles. The van der Waals surface area contributed by atoms with Gasteiger partial charge in [0.05, 0.1) is 6.04 Å². The van der Waals surface area contributed by atoms with Crippen molar-refractivity contribution >= 4 is 41.5 Å². The molecule has 0 rings (SSSR count). The van der Waals surface area contributed by atoms with Gasteiger partial charge in [-0.1, -0.05) is 0 Å². The maximum absolute atomic E-state index is 13.3. The Morgan fingerprint density at radius 3 is 1.59 bits per heavy atom. The van der Waals surface area contributed by atoms with E-state index in [1.807, 2.05) is 0 Å². The first-order chi connectivity index (χ1) is 19.1. The number of carbonyl (C=O) groups is 6. The molecule has 14 N–H and O–H groups in total. The third-order valence-corrected chi connectivity index (χ3v) is 5.81. The van der Waals surface area contributed by atoms with Gasteiger partial charge in [0.25, 0.3) is 0 Å². The number of carbonyl (C=O) groups excluding carboxylic acids is 5. The molecule has 0 aromatic rings. The van der Waals surface area contributed by atoms with E-state index in [1.165, 1.54) is 27.7 Å². The van der Waals surface area contributed by atoms with Gasteiger partial charge in [-0.25, -0.2) is 0 Å². The summed E-state index contributed by atoms with van der Waals surface area (Å²) in [7, 11) is 0. The number of aliphatic carboxylic acids is 1. The monoisotopic (exact) mass is 586 g/mol. The average Bonchev–Trinajstić information content (AvgIpc) is 2.88. The molecule has 0 unspecified atom stereocenters. The van der Waals surface area contributed by atoms with E-state index in [0.717, 1.165) is 0 Å². The van der Waals surface area contributed by atoms with Crippen molar-refractivity contribution in [3.63, 3.8) is 0 Å². The van der Waals surface area contributed by atoms with Crippen LogP contribution in [0.15, 0.2) is 4.99 Å². The van der Waals surface area contributed by atoms with Gasteiger partial charge in [0.15, 0.2) is 5.96 Å². The average molecular weight is 587 g/mol. The van der Waals surface area contributed by atoms with Crippen LogP contribution in [0.5, 0.6) is 0 Å². The van der Waals surface area contributed by atoms with Crippen molar-refractivity contribution in [2.24, 2.45) is 27.9 Å². The van der Waals surface area contributed by atoms with Crippen LogP contribution >= 0.6 is 0 Å². The molecule has 234 valence electrons. The second kappa shape index (κ2) is 19.1. The van der Waals surface area contributed by atoms with Crippen LogP contribution in [0.3, 0.4) is 0 Å². The van der Waals surface area contributed by atoms with Crippen LogP contribution in [-0.2, 0) is 28.8 Å². The number of nitrogens with zero attached hydrogens (tertiary/aromatic N) is 1. The standard InChI is InChI=1S/C24H46N10O7/c1-12(26)18(35)30-14(3)20(37)33-16(8-5-6-10-25)22(39)34-17(9-7-11-29-24(27)28)21(38)31-13(2)19(36)32-15(4)23(40)41/h12-17H,5-11,25-26H2,1-4H3,(H,30,35)(H,31,38)(H,32,36)(H,33,37)(H,34,39)(H,40,41)(H4,27,28,29)/t12-,13-,14-,15-,16-,17-/m0/s1. The van der Waals surface area contributed by atoms with Crippen LogP contribution in [-0.4, -0.2) is 95.9 Å². The maximum atomic E-state index is 13.3. The first-order valence-corrected chi connectivity index (χ1v) is 13.4. The molecule has 0 aromatic heterocycles. The number of guanidine groups is 1. The normalized spacial score (nSPS) is 15.1. The molecule has 0 aliphatic carbocycles.